The Morgan fingerprint density at radius 1 is 1.28 bits per heavy atom. The molecule has 1 atom stereocenters. The lowest BCUT2D eigenvalue weighted by atomic mass is 10.0. The largest absolute Gasteiger partial charge is 0.309 e. The number of hydrogen-bond donors (Lipinski definition) is 0. The normalized spacial score (nSPS) is 12.8. The molecule has 0 saturated heterocycles. The van der Waals surface area contributed by atoms with Crippen LogP contribution in [-0.4, -0.2) is 42.3 Å². The Labute approximate surface area is 115 Å². The molecule has 0 aliphatic carbocycles. The summed E-state index contributed by atoms with van der Waals surface area (Å²) in [5, 5.41) is 0.0343. The fourth-order valence-electron chi connectivity index (χ4n) is 1.62. The van der Waals surface area contributed by atoms with Gasteiger partial charge in [-0.15, -0.1) is 11.8 Å². The fourth-order valence-corrected chi connectivity index (χ4v) is 2.73. The summed E-state index contributed by atoms with van der Waals surface area (Å²) in [4.78, 5) is 14.4. The van der Waals surface area contributed by atoms with Crippen LogP contribution in [0.3, 0.4) is 0 Å². The predicted molar refractivity (Wildman–Crippen MR) is 80.7 cm³/mol. The molecular formula is C15H23NOS. The minimum absolute atomic E-state index is 0.0343. The van der Waals surface area contributed by atoms with Crippen molar-refractivity contribution in [3.05, 3.63) is 34.9 Å². The van der Waals surface area contributed by atoms with Gasteiger partial charge in [0.05, 0.1) is 5.25 Å². The van der Waals surface area contributed by atoms with Crippen LogP contribution in [0.25, 0.3) is 0 Å². The molecule has 0 radical (unpaired) electrons. The minimum atomic E-state index is 0.0343. The zero-order valence-electron chi connectivity index (χ0n) is 12.0. The van der Waals surface area contributed by atoms with Gasteiger partial charge in [0, 0.05) is 17.9 Å². The summed E-state index contributed by atoms with van der Waals surface area (Å²) >= 11 is 1.73. The first-order chi connectivity index (χ1) is 8.41. The predicted octanol–water partition coefficient (Wildman–Crippen LogP) is 3.17. The third-order valence-electron chi connectivity index (χ3n) is 3.07. The second-order valence-electron chi connectivity index (χ2n) is 4.98. The Kier molecular flexibility index (Phi) is 5.89. The highest BCUT2D eigenvalue weighted by Gasteiger charge is 2.15. The average molecular weight is 265 g/mol. The number of benzene rings is 1. The quantitative estimate of drug-likeness (QED) is 0.737. The summed E-state index contributed by atoms with van der Waals surface area (Å²) in [6.45, 7) is 7.13. The number of rotatable bonds is 6. The summed E-state index contributed by atoms with van der Waals surface area (Å²) < 4.78 is 0. The molecule has 18 heavy (non-hydrogen) atoms. The van der Waals surface area contributed by atoms with Gasteiger partial charge in [0.2, 0.25) is 0 Å². The molecule has 0 N–H and O–H groups in total. The van der Waals surface area contributed by atoms with E-state index in [1.165, 1.54) is 11.1 Å². The van der Waals surface area contributed by atoms with Gasteiger partial charge in [-0.1, -0.05) is 12.1 Å². The number of carbonyl (C=O) groups excluding carboxylic acids is 1. The van der Waals surface area contributed by atoms with Crippen LogP contribution in [0.15, 0.2) is 18.2 Å². The molecule has 0 aliphatic heterocycles. The van der Waals surface area contributed by atoms with Crippen molar-refractivity contribution in [2.45, 2.75) is 26.0 Å². The highest BCUT2D eigenvalue weighted by atomic mass is 32.2. The monoisotopic (exact) mass is 265 g/mol. The number of carbonyl (C=O) groups is 1. The number of aryl methyl sites for hydroxylation is 2. The number of nitrogens with zero attached hydrogens (tertiary/aromatic N) is 1. The van der Waals surface area contributed by atoms with E-state index < -0.39 is 0 Å². The summed E-state index contributed by atoms with van der Waals surface area (Å²) in [6, 6.07) is 5.97. The molecule has 0 spiro atoms. The van der Waals surface area contributed by atoms with Crippen molar-refractivity contribution in [2.24, 2.45) is 0 Å². The lowest BCUT2D eigenvalue weighted by molar-refractivity contribution is 0.0994. The van der Waals surface area contributed by atoms with E-state index >= 15 is 0 Å². The number of Topliss-reactive ketones (excluding diaryl/α,β-unsaturated/α-hetero) is 1. The molecule has 0 fully saturated rings. The van der Waals surface area contributed by atoms with Crippen molar-refractivity contribution in [3.8, 4) is 0 Å². The van der Waals surface area contributed by atoms with Crippen LogP contribution in [0.2, 0.25) is 0 Å². The Bertz CT molecular complexity index is 415. The molecule has 0 amide bonds. The molecule has 0 saturated carbocycles. The van der Waals surface area contributed by atoms with Crippen LogP contribution in [0, 0.1) is 13.8 Å². The molecule has 100 valence electrons. The number of ketones is 1. The van der Waals surface area contributed by atoms with E-state index in [0.29, 0.717) is 0 Å². The molecule has 1 aromatic carbocycles. The second kappa shape index (κ2) is 6.95. The third kappa shape index (κ3) is 4.46. The number of thioether (sulfide) groups is 1. The van der Waals surface area contributed by atoms with Crippen molar-refractivity contribution in [1.29, 1.82) is 0 Å². The van der Waals surface area contributed by atoms with Gasteiger partial charge in [-0.2, -0.15) is 0 Å². The van der Waals surface area contributed by atoms with Gasteiger partial charge >= 0.3 is 0 Å². The van der Waals surface area contributed by atoms with Crippen LogP contribution < -0.4 is 0 Å². The van der Waals surface area contributed by atoms with E-state index in [-0.39, 0.29) is 11.0 Å². The Hall–Kier alpha value is -0.800. The van der Waals surface area contributed by atoms with Crippen LogP contribution in [0.1, 0.15) is 28.4 Å². The SMILES string of the molecule is Cc1ccc(C(=O)C(C)SCCN(C)C)cc1C. The Morgan fingerprint density at radius 2 is 1.94 bits per heavy atom. The maximum Gasteiger partial charge on any atom is 0.175 e. The molecule has 1 rings (SSSR count). The maximum atomic E-state index is 12.2. The lowest BCUT2D eigenvalue weighted by Gasteiger charge is -2.13. The van der Waals surface area contributed by atoms with Gasteiger partial charge in [-0.25, -0.2) is 0 Å². The second-order valence-corrected chi connectivity index (χ2v) is 6.43. The van der Waals surface area contributed by atoms with E-state index in [4.69, 9.17) is 0 Å². The van der Waals surface area contributed by atoms with Gasteiger partial charge in [-0.05, 0) is 52.1 Å². The van der Waals surface area contributed by atoms with E-state index in [9.17, 15) is 4.79 Å². The van der Waals surface area contributed by atoms with Crippen LogP contribution >= 0.6 is 11.8 Å². The molecule has 0 aliphatic rings. The van der Waals surface area contributed by atoms with Crippen molar-refractivity contribution < 1.29 is 4.79 Å². The smallest absolute Gasteiger partial charge is 0.175 e. The molecule has 0 aromatic heterocycles. The standard InChI is InChI=1S/C15H23NOS/c1-11-6-7-14(10-12(11)2)15(17)13(3)18-9-8-16(4)5/h6-7,10,13H,8-9H2,1-5H3. The van der Waals surface area contributed by atoms with E-state index in [1.807, 2.05) is 25.1 Å². The topological polar surface area (TPSA) is 20.3 Å². The van der Waals surface area contributed by atoms with Crippen molar-refractivity contribution >= 4 is 17.5 Å². The first-order valence-corrected chi connectivity index (χ1v) is 7.34. The van der Waals surface area contributed by atoms with E-state index in [0.717, 1.165) is 17.9 Å². The highest BCUT2D eigenvalue weighted by Crippen LogP contribution is 2.18. The van der Waals surface area contributed by atoms with Gasteiger partial charge in [-0.3, -0.25) is 4.79 Å². The molecular weight excluding hydrogens is 242 g/mol. The molecule has 1 aromatic rings. The van der Waals surface area contributed by atoms with E-state index in [2.05, 4.69) is 32.8 Å². The summed E-state index contributed by atoms with van der Waals surface area (Å²) in [6.07, 6.45) is 0. The van der Waals surface area contributed by atoms with E-state index in [1.54, 1.807) is 11.8 Å². The molecule has 0 bridgehead atoms. The molecule has 1 unspecified atom stereocenters. The Morgan fingerprint density at radius 3 is 2.50 bits per heavy atom. The van der Waals surface area contributed by atoms with Crippen LogP contribution in [-0.2, 0) is 0 Å². The zero-order valence-corrected chi connectivity index (χ0v) is 12.8. The summed E-state index contributed by atoms with van der Waals surface area (Å²) in [7, 11) is 4.10. The molecule has 0 heterocycles. The zero-order chi connectivity index (χ0) is 13.7. The van der Waals surface area contributed by atoms with Crippen molar-refractivity contribution in [3.63, 3.8) is 0 Å². The van der Waals surface area contributed by atoms with Gasteiger partial charge in [0.15, 0.2) is 5.78 Å². The molecule has 3 heteroatoms. The lowest BCUT2D eigenvalue weighted by Crippen LogP contribution is -2.19. The van der Waals surface area contributed by atoms with Crippen molar-refractivity contribution in [1.82, 2.24) is 4.90 Å². The fraction of sp³-hybridized carbons (Fsp3) is 0.533. The third-order valence-corrected chi connectivity index (χ3v) is 4.20. The summed E-state index contributed by atoms with van der Waals surface area (Å²) in [5.41, 5.74) is 3.26. The van der Waals surface area contributed by atoms with Gasteiger partial charge in [0.25, 0.3) is 0 Å². The highest BCUT2D eigenvalue weighted by molar-refractivity contribution is 8.00. The summed E-state index contributed by atoms with van der Waals surface area (Å²) in [5.74, 6) is 1.23. The maximum absolute atomic E-state index is 12.2. The number of hydrogen-bond acceptors (Lipinski definition) is 3. The van der Waals surface area contributed by atoms with Crippen LogP contribution in [0.5, 0.6) is 0 Å². The first-order valence-electron chi connectivity index (χ1n) is 6.29. The van der Waals surface area contributed by atoms with Gasteiger partial charge in [0.1, 0.15) is 0 Å². The van der Waals surface area contributed by atoms with Crippen LogP contribution in [0.4, 0.5) is 0 Å². The Balaban J connectivity index is 2.60. The molecule has 2 nitrogen and oxygen atoms in total. The average Bonchev–Trinajstić information content (AvgIpc) is 2.31. The minimum Gasteiger partial charge on any atom is -0.309 e. The van der Waals surface area contributed by atoms with Gasteiger partial charge < -0.3 is 4.90 Å². The van der Waals surface area contributed by atoms with Crippen molar-refractivity contribution in [2.75, 3.05) is 26.4 Å². The first kappa shape index (κ1) is 15.3.